The molecule has 0 unspecified atom stereocenters. The molecule has 1 fully saturated rings. The second kappa shape index (κ2) is 11.9. The molecule has 1 aliphatic heterocycles. The molecule has 4 rings (SSSR count). The fourth-order valence-electron chi connectivity index (χ4n) is 3.76. The molecule has 202 valence electrons. The number of amides is 1. The molecule has 11 nitrogen and oxygen atoms in total. The van der Waals surface area contributed by atoms with E-state index in [1.54, 1.807) is 31.5 Å². The number of carbonyl (C=O) groups is 2. The summed E-state index contributed by atoms with van der Waals surface area (Å²) in [7, 11) is -0.720. The highest BCUT2D eigenvalue weighted by Crippen LogP contribution is 2.33. The Bertz CT molecular complexity index is 1430. The monoisotopic (exact) mass is 561 g/mol. The van der Waals surface area contributed by atoms with Crippen molar-refractivity contribution in [2.75, 3.05) is 52.4 Å². The molecule has 0 atom stereocenters. The molecule has 1 saturated heterocycles. The lowest BCUT2D eigenvalue weighted by Crippen LogP contribution is -2.40. The number of esters is 1. The molecule has 0 spiro atoms. The van der Waals surface area contributed by atoms with Crippen LogP contribution in [-0.4, -0.2) is 76.7 Å². The number of nitrogens with zero attached hydrogens (tertiary/aromatic N) is 2. The number of ether oxygens (including phenoxy) is 4. The van der Waals surface area contributed by atoms with Crippen LogP contribution in [0.1, 0.15) is 15.9 Å². The Morgan fingerprint density at radius 3 is 2.53 bits per heavy atom. The third-order valence-corrected chi connectivity index (χ3v) is 8.57. The summed E-state index contributed by atoms with van der Waals surface area (Å²) in [6, 6.07) is 9.62. The van der Waals surface area contributed by atoms with E-state index in [1.807, 2.05) is 6.07 Å². The minimum Gasteiger partial charge on any atom is -0.493 e. The van der Waals surface area contributed by atoms with Crippen molar-refractivity contribution < 1.29 is 37.0 Å². The van der Waals surface area contributed by atoms with Gasteiger partial charge < -0.3 is 18.9 Å². The van der Waals surface area contributed by atoms with Gasteiger partial charge in [-0.05, 0) is 42.8 Å². The van der Waals surface area contributed by atoms with Crippen LogP contribution in [-0.2, 0) is 24.3 Å². The van der Waals surface area contributed by atoms with E-state index in [-0.39, 0.29) is 23.5 Å². The smallest absolute Gasteiger partial charge is 0.338 e. The lowest BCUT2D eigenvalue weighted by Gasteiger charge is -2.26. The summed E-state index contributed by atoms with van der Waals surface area (Å²) >= 11 is 1.21. The molecule has 0 bridgehead atoms. The van der Waals surface area contributed by atoms with Gasteiger partial charge in [0, 0.05) is 24.0 Å². The van der Waals surface area contributed by atoms with E-state index in [4.69, 9.17) is 18.9 Å². The van der Waals surface area contributed by atoms with Gasteiger partial charge in [-0.3, -0.25) is 10.1 Å². The normalized spacial score (nSPS) is 14.1. The van der Waals surface area contributed by atoms with Crippen molar-refractivity contribution in [2.24, 2.45) is 0 Å². The van der Waals surface area contributed by atoms with Gasteiger partial charge in [0.05, 0.1) is 43.6 Å². The molecule has 0 radical (unpaired) electrons. The maximum atomic E-state index is 13.1. The van der Waals surface area contributed by atoms with Gasteiger partial charge >= 0.3 is 5.97 Å². The number of hydrogen-bond acceptors (Lipinski definition) is 10. The van der Waals surface area contributed by atoms with Gasteiger partial charge in [0.25, 0.3) is 5.91 Å². The zero-order valence-electron chi connectivity index (χ0n) is 21.1. The number of sulfonamides is 1. The molecule has 3 aromatic rings. The van der Waals surface area contributed by atoms with E-state index >= 15 is 0 Å². The number of aromatic nitrogens is 1. The molecule has 38 heavy (non-hydrogen) atoms. The summed E-state index contributed by atoms with van der Waals surface area (Å²) in [6.07, 6.45) is 0. The van der Waals surface area contributed by atoms with Crippen LogP contribution in [0.25, 0.3) is 11.3 Å². The molecular formula is C25H27N3O8S2. The van der Waals surface area contributed by atoms with Gasteiger partial charge in [0.15, 0.2) is 23.2 Å². The third-order valence-electron chi connectivity index (χ3n) is 5.78. The van der Waals surface area contributed by atoms with E-state index in [2.05, 4.69) is 10.3 Å². The van der Waals surface area contributed by atoms with E-state index in [0.717, 1.165) is 5.56 Å². The van der Waals surface area contributed by atoms with Crippen LogP contribution in [0.5, 0.6) is 11.5 Å². The summed E-state index contributed by atoms with van der Waals surface area (Å²) in [5, 5.41) is 4.69. The summed E-state index contributed by atoms with van der Waals surface area (Å²) in [5.41, 5.74) is 1.92. The minimum atomic E-state index is -3.81. The number of aryl methyl sites for hydroxylation is 1. The zero-order valence-corrected chi connectivity index (χ0v) is 22.7. The number of morpholine rings is 1. The van der Waals surface area contributed by atoms with Gasteiger partial charge in [0.2, 0.25) is 10.0 Å². The second-order valence-electron chi connectivity index (χ2n) is 8.23. The Morgan fingerprint density at radius 1 is 1.08 bits per heavy atom. The van der Waals surface area contributed by atoms with Crippen LogP contribution < -0.4 is 14.8 Å². The minimum absolute atomic E-state index is 0.0174. The number of methoxy groups -OCH3 is 2. The van der Waals surface area contributed by atoms with Gasteiger partial charge in [-0.1, -0.05) is 6.07 Å². The lowest BCUT2D eigenvalue weighted by molar-refractivity contribution is -0.119. The predicted molar refractivity (Wildman–Crippen MR) is 140 cm³/mol. The highest BCUT2D eigenvalue weighted by molar-refractivity contribution is 7.89. The van der Waals surface area contributed by atoms with Crippen molar-refractivity contribution in [1.82, 2.24) is 9.29 Å². The highest BCUT2D eigenvalue weighted by Gasteiger charge is 2.28. The summed E-state index contributed by atoms with van der Waals surface area (Å²) in [6.45, 7) is 2.18. The van der Waals surface area contributed by atoms with Crippen molar-refractivity contribution in [1.29, 1.82) is 0 Å². The number of nitrogens with one attached hydrogen (secondary N) is 1. The van der Waals surface area contributed by atoms with Crippen LogP contribution >= 0.6 is 11.3 Å². The number of thiazole rings is 1. The zero-order chi connectivity index (χ0) is 27.3. The second-order valence-corrected chi connectivity index (χ2v) is 11.0. The lowest BCUT2D eigenvalue weighted by atomic mass is 10.1. The van der Waals surface area contributed by atoms with Crippen LogP contribution in [0.4, 0.5) is 5.13 Å². The topological polar surface area (TPSA) is 133 Å². The first-order valence-electron chi connectivity index (χ1n) is 11.6. The maximum absolute atomic E-state index is 13.1. The highest BCUT2D eigenvalue weighted by atomic mass is 32.2. The fraction of sp³-hybridized carbons (Fsp3) is 0.320. The van der Waals surface area contributed by atoms with Gasteiger partial charge in [0.1, 0.15) is 0 Å². The first-order chi connectivity index (χ1) is 18.2. The molecule has 0 saturated carbocycles. The van der Waals surface area contributed by atoms with Crippen molar-refractivity contribution in [3.05, 3.63) is 52.9 Å². The average molecular weight is 562 g/mol. The van der Waals surface area contributed by atoms with Crippen molar-refractivity contribution in [2.45, 2.75) is 11.8 Å². The van der Waals surface area contributed by atoms with Gasteiger partial charge in [-0.2, -0.15) is 4.31 Å². The standard InChI is InChI=1S/C25H27N3O8S2/c1-16-4-5-18(13-22(16)38(31,32)28-8-10-35-11-9-28)24(30)36-14-23(29)27-25-26-19(15-37-25)17-6-7-20(33-2)21(12-17)34-3/h4-7,12-13,15H,8-11,14H2,1-3H3,(H,26,27,29). The Balaban J connectivity index is 1.38. The van der Waals surface area contributed by atoms with Crippen molar-refractivity contribution >= 4 is 38.4 Å². The summed E-state index contributed by atoms with van der Waals surface area (Å²) in [4.78, 5) is 29.4. The van der Waals surface area contributed by atoms with E-state index in [0.29, 0.717) is 41.1 Å². The van der Waals surface area contributed by atoms with Gasteiger partial charge in [-0.15, -0.1) is 11.3 Å². The number of rotatable bonds is 9. The molecule has 2 heterocycles. The Morgan fingerprint density at radius 2 is 1.82 bits per heavy atom. The SMILES string of the molecule is COc1ccc(-c2csc(NC(=O)COC(=O)c3ccc(C)c(S(=O)(=O)N4CCOCC4)c3)n2)cc1OC. The predicted octanol–water partition coefficient (Wildman–Crippen LogP) is 2.95. The molecule has 13 heteroatoms. The quantitative estimate of drug-likeness (QED) is 0.392. The van der Waals surface area contributed by atoms with Crippen molar-refractivity contribution in [3.8, 4) is 22.8 Å². The van der Waals surface area contributed by atoms with Crippen LogP contribution in [0.3, 0.4) is 0 Å². The Hall–Kier alpha value is -3.52. The number of anilines is 1. The fourth-order valence-corrected chi connectivity index (χ4v) is 6.15. The van der Waals surface area contributed by atoms with Gasteiger partial charge in [-0.25, -0.2) is 18.2 Å². The third kappa shape index (κ3) is 6.13. The number of hydrogen-bond donors (Lipinski definition) is 1. The Labute approximate surface area is 224 Å². The maximum Gasteiger partial charge on any atom is 0.338 e. The molecule has 1 aromatic heterocycles. The molecule has 0 aliphatic carbocycles. The average Bonchev–Trinajstić information content (AvgIpc) is 3.40. The van der Waals surface area contributed by atoms with Crippen molar-refractivity contribution in [3.63, 3.8) is 0 Å². The number of benzene rings is 2. The van der Waals surface area contributed by atoms with Crippen LogP contribution in [0, 0.1) is 6.92 Å². The van der Waals surface area contributed by atoms with E-state index < -0.39 is 28.5 Å². The molecule has 1 N–H and O–H groups in total. The number of carbonyl (C=O) groups excluding carboxylic acids is 2. The molecule has 1 aliphatic rings. The summed E-state index contributed by atoms with van der Waals surface area (Å²) < 4.78 is 48.4. The van der Waals surface area contributed by atoms with E-state index in [1.165, 1.54) is 41.0 Å². The van der Waals surface area contributed by atoms with Crippen LogP contribution in [0.15, 0.2) is 46.7 Å². The van der Waals surface area contributed by atoms with E-state index in [9.17, 15) is 18.0 Å². The molecular weight excluding hydrogens is 534 g/mol. The Kier molecular flexibility index (Phi) is 8.62. The van der Waals surface area contributed by atoms with Crippen LogP contribution in [0.2, 0.25) is 0 Å². The molecule has 2 aromatic carbocycles. The summed E-state index contributed by atoms with van der Waals surface area (Å²) in [5.74, 6) is -0.266. The first-order valence-corrected chi connectivity index (χ1v) is 13.9. The largest absolute Gasteiger partial charge is 0.493 e. The first kappa shape index (κ1) is 27.5. The molecule has 1 amide bonds.